The second-order valence-electron chi connectivity index (χ2n) is 9.90. The van der Waals surface area contributed by atoms with Crippen molar-refractivity contribution in [3.8, 4) is 10.4 Å². The molecule has 0 spiro atoms. The highest BCUT2D eigenvalue weighted by molar-refractivity contribution is 7.13. The highest BCUT2D eigenvalue weighted by Crippen LogP contribution is 2.38. The van der Waals surface area contributed by atoms with Gasteiger partial charge in [-0.3, -0.25) is 9.59 Å². The molecule has 35 heavy (non-hydrogen) atoms. The molecule has 3 atom stereocenters. The minimum absolute atomic E-state index is 0.0992. The predicted octanol–water partition coefficient (Wildman–Crippen LogP) is 3.83. The second-order valence-corrected chi connectivity index (χ2v) is 10.8. The van der Waals surface area contributed by atoms with Crippen LogP contribution in [0.2, 0.25) is 0 Å². The normalized spacial score (nSPS) is 19.1. The van der Waals surface area contributed by atoms with Gasteiger partial charge in [0.2, 0.25) is 5.91 Å². The van der Waals surface area contributed by atoms with Gasteiger partial charge >= 0.3 is 0 Å². The van der Waals surface area contributed by atoms with Gasteiger partial charge in [-0.1, -0.05) is 38.1 Å². The molecule has 0 saturated carbocycles. The number of hydroxylamine groups is 1. The fourth-order valence-corrected chi connectivity index (χ4v) is 5.07. The number of likely N-dealkylation sites (tertiary alicyclic amines) is 1. The van der Waals surface area contributed by atoms with Crippen molar-refractivity contribution < 1.29 is 24.1 Å². The smallest absolute Gasteiger partial charge is 0.274 e. The fourth-order valence-electron chi connectivity index (χ4n) is 4.26. The zero-order valence-electron chi connectivity index (χ0n) is 20.4. The maximum Gasteiger partial charge on any atom is 0.274 e. The number of thiazole rings is 1. The molecule has 10 heteroatoms. The molecule has 2 amide bonds. The first kappa shape index (κ1) is 25.0. The van der Waals surface area contributed by atoms with Gasteiger partial charge in [-0.05, 0) is 37.0 Å². The summed E-state index contributed by atoms with van der Waals surface area (Å²) in [6.07, 6.45) is -1.39. The molecule has 4 rings (SSSR count). The predicted molar refractivity (Wildman–Crippen MR) is 130 cm³/mol. The number of benzene rings is 1. The zero-order valence-corrected chi connectivity index (χ0v) is 21.3. The van der Waals surface area contributed by atoms with E-state index >= 15 is 0 Å². The van der Waals surface area contributed by atoms with Crippen molar-refractivity contribution in [2.45, 2.75) is 59.3 Å². The monoisotopic (exact) mass is 498 g/mol. The molecule has 9 nitrogen and oxygen atoms in total. The van der Waals surface area contributed by atoms with Gasteiger partial charge < -0.3 is 14.5 Å². The van der Waals surface area contributed by atoms with Gasteiger partial charge in [0.05, 0.1) is 27.9 Å². The van der Waals surface area contributed by atoms with E-state index in [1.54, 1.807) is 42.0 Å². The Balaban J connectivity index is 1.45. The van der Waals surface area contributed by atoms with Crippen LogP contribution in [-0.4, -0.2) is 50.8 Å². The van der Waals surface area contributed by atoms with Crippen LogP contribution in [-0.2, 0) is 9.63 Å². The van der Waals surface area contributed by atoms with Crippen molar-refractivity contribution in [3.05, 3.63) is 58.6 Å². The number of aliphatic hydroxyl groups excluding tert-OH is 1. The lowest BCUT2D eigenvalue weighted by Gasteiger charge is -2.33. The molecule has 1 aromatic carbocycles. The summed E-state index contributed by atoms with van der Waals surface area (Å²) < 4.78 is 5.42. The van der Waals surface area contributed by atoms with E-state index in [1.165, 1.54) is 4.90 Å². The third-order valence-electron chi connectivity index (χ3n) is 6.00. The molecule has 1 fully saturated rings. The van der Waals surface area contributed by atoms with Crippen LogP contribution in [0.25, 0.3) is 10.4 Å². The van der Waals surface area contributed by atoms with Crippen LogP contribution >= 0.6 is 11.3 Å². The summed E-state index contributed by atoms with van der Waals surface area (Å²) in [7, 11) is 0. The lowest BCUT2D eigenvalue weighted by Crippen LogP contribution is -2.46. The molecule has 2 N–H and O–H groups in total. The van der Waals surface area contributed by atoms with E-state index in [9.17, 15) is 14.7 Å². The molecule has 2 aromatic heterocycles. The quantitative estimate of drug-likeness (QED) is 0.496. The van der Waals surface area contributed by atoms with Crippen LogP contribution in [0.15, 0.2) is 40.4 Å². The molecule has 3 aromatic rings. The second kappa shape index (κ2) is 9.88. The van der Waals surface area contributed by atoms with E-state index in [1.807, 2.05) is 39.8 Å². The first-order valence-corrected chi connectivity index (χ1v) is 12.3. The van der Waals surface area contributed by atoms with E-state index in [2.05, 4.69) is 15.6 Å². The average molecular weight is 499 g/mol. The molecule has 3 heterocycles. The number of aryl methyl sites for hydroxylation is 2. The summed E-state index contributed by atoms with van der Waals surface area (Å²) in [6.45, 7) is 9.65. The van der Waals surface area contributed by atoms with Crippen molar-refractivity contribution in [1.82, 2.24) is 20.5 Å². The van der Waals surface area contributed by atoms with Gasteiger partial charge in [0.25, 0.3) is 5.91 Å². The number of aromatic nitrogens is 2. The Morgan fingerprint density at radius 2 is 1.97 bits per heavy atom. The van der Waals surface area contributed by atoms with E-state index in [0.29, 0.717) is 17.0 Å². The SMILES string of the molecule is Cc1cc([C@H](C(=O)N2C[C@H](O)C[C@H]2ONC(=O)c2ccc(-c3scnc3C)cc2)C(C)(C)C)on1. The molecular weight excluding hydrogens is 468 g/mol. The third kappa shape index (κ3) is 5.44. The van der Waals surface area contributed by atoms with Crippen molar-refractivity contribution in [2.24, 2.45) is 5.41 Å². The summed E-state index contributed by atoms with van der Waals surface area (Å²) in [6, 6.07) is 8.88. The number of β-amino-alcohol motifs (C(OH)–C–C–N with tert-alkyl or cyclic N) is 1. The number of carbonyl (C=O) groups excluding carboxylic acids is 2. The van der Waals surface area contributed by atoms with Crippen molar-refractivity contribution in [3.63, 3.8) is 0 Å². The van der Waals surface area contributed by atoms with Crippen LogP contribution in [0.1, 0.15) is 60.6 Å². The summed E-state index contributed by atoms with van der Waals surface area (Å²) in [5.74, 6) is -0.864. The Kier molecular flexibility index (Phi) is 7.07. The third-order valence-corrected chi connectivity index (χ3v) is 6.98. The topological polar surface area (TPSA) is 118 Å². The largest absolute Gasteiger partial charge is 0.391 e. The minimum Gasteiger partial charge on any atom is -0.391 e. The number of nitrogens with one attached hydrogen (secondary N) is 1. The molecule has 1 aliphatic rings. The van der Waals surface area contributed by atoms with Crippen molar-refractivity contribution >= 4 is 23.2 Å². The molecule has 186 valence electrons. The van der Waals surface area contributed by atoms with Gasteiger partial charge in [-0.2, -0.15) is 0 Å². The number of aliphatic hydroxyl groups is 1. The molecule has 1 saturated heterocycles. The number of carbonyl (C=O) groups is 2. The highest BCUT2D eigenvalue weighted by Gasteiger charge is 2.44. The van der Waals surface area contributed by atoms with Gasteiger partial charge in [0, 0.05) is 24.6 Å². The molecule has 0 aliphatic carbocycles. The van der Waals surface area contributed by atoms with E-state index < -0.39 is 29.6 Å². The first-order chi connectivity index (χ1) is 16.5. The average Bonchev–Trinajstić information content (AvgIpc) is 3.51. The standard InChI is InChI=1S/C25H30N4O5S/c1-14-10-19(33-27-14)21(25(3,4)5)24(32)29-12-18(30)11-20(29)34-28-23(31)17-8-6-16(7-9-17)22-15(2)26-13-35-22/h6-10,13,18,20-21,30H,11-12H2,1-5H3,(H,28,31)/t18-,20-,21-/m1/s1. The van der Waals surface area contributed by atoms with Gasteiger partial charge in [-0.25, -0.2) is 15.3 Å². The molecule has 0 radical (unpaired) electrons. The molecule has 1 aliphatic heterocycles. The van der Waals surface area contributed by atoms with E-state index in [4.69, 9.17) is 9.36 Å². The molecular formula is C25H30N4O5S. The van der Waals surface area contributed by atoms with Crippen LogP contribution in [0.5, 0.6) is 0 Å². The van der Waals surface area contributed by atoms with Gasteiger partial charge in [0.1, 0.15) is 11.7 Å². The maximum absolute atomic E-state index is 13.6. The van der Waals surface area contributed by atoms with Gasteiger partial charge in [0.15, 0.2) is 6.23 Å². The summed E-state index contributed by atoms with van der Waals surface area (Å²) in [4.78, 5) is 38.7. The Bertz CT molecular complexity index is 1200. The first-order valence-electron chi connectivity index (χ1n) is 11.4. The minimum atomic E-state index is -0.811. The van der Waals surface area contributed by atoms with Crippen LogP contribution in [0.4, 0.5) is 0 Å². The molecule has 0 bridgehead atoms. The number of nitrogens with zero attached hydrogens (tertiary/aromatic N) is 3. The number of hydrogen-bond donors (Lipinski definition) is 2. The van der Waals surface area contributed by atoms with E-state index in [-0.39, 0.29) is 18.9 Å². The summed E-state index contributed by atoms with van der Waals surface area (Å²) in [5, 5.41) is 14.2. The van der Waals surface area contributed by atoms with Crippen LogP contribution < -0.4 is 5.48 Å². The van der Waals surface area contributed by atoms with Crippen molar-refractivity contribution in [2.75, 3.05) is 6.54 Å². The fraction of sp³-hybridized carbons (Fsp3) is 0.440. The van der Waals surface area contributed by atoms with Crippen LogP contribution in [0, 0.1) is 19.3 Å². The lowest BCUT2D eigenvalue weighted by molar-refractivity contribution is -0.151. The lowest BCUT2D eigenvalue weighted by atomic mass is 9.78. The number of rotatable bonds is 6. The highest BCUT2D eigenvalue weighted by atomic mass is 32.1. The maximum atomic E-state index is 13.6. The number of hydrogen-bond acceptors (Lipinski definition) is 8. The Morgan fingerprint density at radius 3 is 2.54 bits per heavy atom. The van der Waals surface area contributed by atoms with Crippen molar-refractivity contribution in [1.29, 1.82) is 0 Å². The summed E-state index contributed by atoms with van der Waals surface area (Å²) >= 11 is 1.54. The van der Waals surface area contributed by atoms with Gasteiger partial charge in [-0.15, -0.1) is 11.3 Å². The Hall–Kier alpha value is -3.08. The Morgan fingerprint density at radius 1 is 1.26 bits per heavy atom. The zero-order chi connectivity index (χ0) is 25.3. The molecule has 0 unspecified atom stereocenters. The number of amides is 2. The summed E-state index contributed by atoms with van der Waals surface area (Å²) in [5.41, 5.74) is 6.78. The van der Waals surface area contributed by atoms with Crippen LogP contribution in [0.3, 0.4) is 0 Å². The Labute approximate surface area is 208 Å². The van der Waals surface area contributed by atoms with E-state index in [0.717, 1.165) is 16.1 Å².